The third kappa shape index (κ3) is 11.2. The second kappa shape index (κ2) is 15.8. The molecule has 2 radical (unpaired) electrons. The number of unbranched alkanes of at least 4 members (excludes halogenated alkanes) is 10. The predicted octanol–water partition coefficient (Wildman–Crippen LogP) is 7.38. The minimum atomic E-state index is 0.483. The van der Waals surface area contributed by atoms with Crippen molar-refractivity contribution in [2.75, 3.05) is 13.2 Å². The van der Waals surface area contributed by atoms with Crippen LogP contribution in [0.4, 0.5) is 0 Å². The van der Waals surface area contributed by atoms with Crippen LogP contribution in [0.3, 0.4) is 0 Å². The van der Waals surface area contributed by atoms with Crippen LogP contribution in [0.5, 0.6) is 5.75 Å². The Kier molecular flexibility index (Phi) is 13.7. The Morgan fingerprint density at radius 2 is 1.42 bits per heavy atom. The standard InChI is InChI=1S/C24H38O2/c1-4-6-8-10-12-14-19-25-22(3)23-17-16-18-24(21-23)26-20-15-13-11-9-7-5-2/h3,16-17,21H,4-15,19-20H2,1-2H3. The lowest BCUT2D eigenvalue weighted by Gasteiger charge is -2.11. The van der Waals surface area contributed by atoms with Crippen molar-refractivity contribution in [1.29, 1.82) is 0 Å². The van der Waals surface area contributed by atoms with Gasteiger partial charge < -0.3 is 9.47 Å². The molecule has 0 amide bonds. The number of hydrogen-bond donors (Lipinski definition) is 0. The van der Waals surface area contributed by atoms with E-state index in [4.69, 9.17) is 16.1 Å². The van der Waals surface area contributed by atoms with E-state index < -0.39 is 0 Å². The molecule has 1 aromatic rings. The van der Waals surface area contributed by atoms with Gasteiger partial charge in [0.1, 0.15) is 11.5 Å². The van der Waals surface area contributed by atoms with Crippen molar-refractivity contribution >= 4 is 5.76 Å². The highest BCUT2D eigenvalue weighted by Crippen LogP contribution is 2.20. The van der Waals surface area contributed by atoms with E-state index in [1.165, 1.54) is 64.2 Å². The van der Waals surface area contributed by atoms with Gasteiger partial charge in [0.25, 0.3) is 0 Å². The number of benzene rings is 1. The van der Waals surface area contributed by atoms with Crippen LogP contribution in [-0.2, 0) is 4.74 Å². The number of ether oxygens (including phenoxy) is 2. The first kappa shape index (κ1) is 22.6. The SMILES string of the molecule is [CH]=C(OCCCCCCCC)c1cc[c]c(OCCCCCCCC)c1. The Hall–Kier alpha value is -1.44. The Morgan fingerprint density at radius 3 is 2.08 bits per heavy atom. The minimum absolute atomic E-state index is 0.483. The highest BCUT2D eigenvalue weighted by atomic mass is 16.5. The summed E-state index contributed by atoms with van der Waals surface area (Å²) in [5.41, 5.74) is 0.882. The minimum Gasteiger partial charge on any atom is -0.493 e. The van der Waals surface area contributed by atoms with E-state index >= 15 is 0 Å². The van der Waals surface area contributed by atoms with Gasteiger partial charge in [0, 0.05) is 11.6 Å². The summed E-state index contributed by atoms with van der Waals surface area (Å²) in [5, 5.41) is 0. The molecule has 0 saturated carbocycles. The van der Waals surface area contributed by atoms with Gasteiger partial charge in [-0.2, -0.15) is 0 Å². The third-order valence-electron chi connectivity index (χ3n) is 4.57. The molecule has 0 aliphatic rings. The highest BCUT2D eigenvalue weighted by Gasteiger charge is 2.03. The lowest BCUT2D eigenvalue weighted by atomic mass is 10.1. The molecule has 26 heavy (non-hydrogen) atoms. The number of rotatable bonds is 17. The average Bonchev–Trinajstić information content (AvgIpc) is 2.66. The Labute approximate surface area is 162 Å². The van der Waals surface area contributed by atoms with Crippen LogP contribution < -0.4 is 4.74 Å². The fraction of sp³-hybridized carbons (Fsp3) is 0.667. The zero-order valence-corrected chi connectivity index (χ0v) is 17.0. The largest absolute Gasteiger partial charge is 0.493 e. The zero-order chi connectivity index (χ0) is 18.9. The molecule has 146 valence electrons. The van der Waals surface area contributed by atoms with Crippen LogP contribution in [0.2, 0.25) is 0 Å². The summed E-state index contributed by atoms with van der Waals surface area (Å²) in [6, 6.07) is 8.83. The first-order valence-electron chi connectivity index (χ1n) is 10.7. The van der Waals surface area contributed by atoms with Crippen LogP contribution >= 0.6 is 0 Å². The Balaban J connectivity index is 2.18. The molecule has 0 aromatic heterocycles. The fourth-order valence-corrected chi connectivity index (χ4v) is 2.89. The van der Waals surface area contributed by atoms with Gasteiger partial charge in [-0.15, -0.1) is 0 Å². The molecule has 2 nitrogen and oxygen atoms in total. The molecule has 1 rings (SSSR count). The molecular weight excluding hydrogens is 320 g/mol. The van der Waals surface area contributed by atoms with Crippen LogP contribution in [-0.4, -0.2) is 13.2 Å². The summed E-state index contributed by atoms with van der Waals surface area (Å²) >= 11 is 0. The monoisotopic (exact) mass is 358 g/mol. The van der Waals surface area contributed by atoms with Gasteiger partial charge in [-0.25, -0.2) is 0 Å². The molecule has 0 spiro atoms. The molecule has 0 N–H and O–H groups in total. The summed E-state index contributed by atoms with van der Waals surface area (Å²) < 4.78 is 11.5. The summed E-state index contributed by atoms with van der Waals surface area (Å²) in [5.74, 6) is 1.24. The van der Waals surface area contributed by atoms with E-state index in [-0.39, 0.29) is 0 Å². The molecule has 0 saturated heterocycles. The predicted molar refractivity (Wildman–Crippen MR) is 111 cm³/mol. The van der Waals surface area contributed by atoms with Gasteiger partial charge in [0.15, 0.2) is 0 Å². The summed E-state index contributed by atoms with van der Waals surface area (Å²) in [6.07, 6.45) is 15.1. The molecule has 0 atom stereocenters. The van der Waals surface area contributed by atoms with Crippen molar-refractivity contribution in [2.45, 2.75) is 90.9 Å². The van der Waals surface area contributed by atoms with Crippen LogP contribution in [0, 0.1) is 12.6 Å². The zero-order valence-electron chi connectivity index (χ0n) is 17.0. The van der Waals surface area contributed by atoms with Crippen molar-refractivity contribution in [3.8, 4) is 5.75 Å². The molecule has 0 bridgehead atoms. The fourth-order valence-electron chi connectivity index (χ4n) is 2.89. The highest BCUT2D eigenvalue weighted by molar-refractivity contribution is 5.57. The van der Waals surface area contributed by atoms with Gasteiger partial charge in [0.2, 0.25) is 0 Å². The first-order valence-corrected chi connectivity index (χ1v) is 10.7. The van der Waals surface area contributed by atoms with Crippen molar-refractivity contribution in [3.05, 3.63) is 36.4 Å². The first-order chi connectivity index (χ1) is 12.8. The van der Waals surface area contributed by atoms with Gasteiger partial charge in [-0.1, -0.05) is 84.1 Å². The van der Waals surface area contributed by atoms with Crippen molar-refractivity contribution in [2.24, 2.45) is 0 Å². The van der Waals surface area contributed by atoms with E-state index in [0.29, 0.717) is 12.4 Å². The number of hydrogen-bond acceptors (Lipinski definition) is 2. The van der Waals surface area contributed by atoms with Gasteiger partial charge in [-0.05, 0) is 31.6 Å². The lowest BCUT2D eigenvalue weighted by molar-refractivity contribution is 0.266. The van der Waals surface area contributed by atoms with E-state index in [1.54, 1.807) is 0 Å². The van der Waals surface area contributed by atoms with Gasteiger partial charge in [-0.3, -0.25) is 0 Å². The maximum Gasteiger partial charge on any atom is 0.127 e. The van der Waals surface area contributed by atoms with Crippen molar-refractivity contribution < 1.29 is 9.47 Å². The van der Waals surface area contributed by atoms with E-state index in [2.05, 4.69) is 19.9 Å². The molecular formula is C24H38O2. The second-order valence-electron chi connectivity index (χ2n) is 7.04. The Morgan fingerprint density at radius 1 is 0.846 bits per heavy atom. The maximum absolute atomic E-state index is 6.07. The molecule has 0 fully saturated rings. The second-order valence-corrected chi connectivity index (χ2v) is 7.04. The molecule has 1 aromatic carbocycles. The summed E-state index contributed by atoms with van der Waals surface area (Å²) in [4.78, 5) is 0. The topological polar surface area (TPSA) is 18.5 Å². The van der Waals surface area contributed by atoms with Crippen molar-refractivity contribution in [1.82, 2.24) is 0 Å². The van der Waals surface area contributed by atoms with Gasteiger partial charge >= 0.3 is 0 Å². The van der Waals surface area contributed by atoms with Crippen molar-refractivity contribution in [3.63, 3.8) is 0 Å². The average molecular weight is 359 g/mol. The lowest BCUT2D eigenvalue weighted by Crippen LogP contribution is -1.99. The quantitative estimate of drug-likeness (QED) is 0.214. The molecule has 0 aliphatic carbocycles. The molecule has 0 heterocycles. The van der Waals surface area contributed by atoms with Gasteiger partial charge in [0.05, 0.1) is 13.2 Å². The molecule has 2 heteroatoms. The van der Waals surface area contributed by atoms with E-state index in [0.717, 1.165) is 30.8 Å². The molecule has 0 aliphatic heterocycles. The summed E-state index contributed by atoms with van der Waals surface area (Å²) in [7, 11) is 0. The van der Waals surface area contributed by atoms with Crippen LogP contribution in [0.15, 0.2) is 18.2 Å². The van der Waals surface area contributed by atoms with E-state index in [9.17, 15) is 0 Å². The maximum atomic E-state index is 6.07. The Bertz CT molecular complexity index is 467. The van der Waals surface area contributed by atoms with Crippen LogP contribution in [0.25, 0.3) is 5.76 Å². The van der Waals surface area contributed by atoms with Crippen LogP contribution in [0.1, 0.15) is 96.5 Å². The van der Waals surface area contributed by atoms with E-state index in [1.807, 2.05) is 18.2 Å². The summed E-state index contributed by atoms with van der Waals surface area (Å²) in [6.45, 7) is 12.0. The smallest absolute Gasteiger partial charge is 0.127 e. The normalized spacial score (nSPS) is 10.7. The molecule has 0 unspecified atom stereocenters. The third-order valence-corrected chi connectivity index (χ3v) is 4.57.